The summed E-state index contributed by atoms with van der Waals surface area (Å²) in [5.41, 5.74) is 0.0752. The number of carbonyl (C=O) groups excluding carboxylic acids is 1. The first kappa shape index (κ1) is 21.3. The number of halogens is 3. The second-order valence-corrected chi connectivity index (χ2v) is 6.54. The van der Waals surface area contributed by atoms with Crippen LogP contribution in [0.25, 0.3) is 5.82 Å². The number of hydrogen-bond acceptors (Lipinski definition) is 5. The molecule has 3 aromatic rings. The van der Waals surface area contributed by atoms with Gasteiger partial charge in [-0.25, -0.2) is 4.68 Å². The van der Waals surface area contributed by atoms with Crippen molar-refractivity contribution < 1.29 is 22.7 Å². The maximum Gasteiger partial charge on any atom is 0.434 e. The fraction of sp³-hybridized carbons (Fsp3) is 0.300. The fourth-order valence-electron chi connectivity index (χ4n) is 2.90. The minimum atomic E-state index is -4.84. The third-order valence-corrected chi connectivity index (χ3v) is 4.57. The number of ether oxygens (including phenoxy) is 1. The van der Waals surface area contributed by atoms with Crippen molar-refractivity contribution in [1.82, 2.24) is 25.3 Å². The van der Waals surface area contributed by atoms with Gasteiger partial charge in [-0.05, 0) is 30.5 Å². The topological polar surface area (TPSA) is 81.9 Å². The molecule has 0 spiro atoms. The van der Waals surface area contributed by atoms with Gasteiger partial charge in [0.15, 0.2) is 11.5 Å². The summed E-state index contributed by atoms with van der Waals surface area (Å²) < 4.78 is 46.7. The summed E-state index contributed by atoms with van der Waals surface area (Å²) >= 11 is 0. The molecule has 2 aromatic heterocycles. The Hall–Kier alpha value is -3.43. The molecule has 0 fully saturated rings. The lowest BCUT2D eigenvalue weighted by molar-refractivity contribution is -0.143. The largest absolute Gasteiger partial charge is 0.480 e. The zero-order valence-corrected chi connectivity index (χ0v) is 16.6. The standard InChI is InChI=1S/C20H20F3N5O2/c1-4-13-5-7-14(8-6-13)12(2)25-19(29)15-11-24-28(18(15)20(21,22)23)16-9-10-17(30-3)27-26-16/h5-12H,4H2,1-3H3,(H,25,29). The Morgan fingerprint density at radius 3 is 2.40 bits per heavy atom. The average molecular weight is 419 g/mol. The van der Waals surface area contributed by atoms with Gasteiger partial charge in [0.1, 0.15) is 0 Å². The Bertz CT molecular complexity index is 1010. The highest BCUT2D eigenvalue weighted by atomic mass is 19.4. The Labute approximate surface area is 170 Å². The minimum absolute atomic E-state index is 0.139. The molecular formula is C20H20F3N5O2. The molecule has 7 nitrogen and oxygen atoms in total. The Balaban J connectivity index is 1.90. The normalized spacial score (nSPS) is 12.5. The second-order valence-electron chi connectivity index (χ2n) is 6.54. The maximum absolute atomic E-state index is 13.8. The van der Waals surface area contributed by atoms with E-state index in [-0.39, 0.29) is 11.7 Å². The molecule has 1 aromatic carbocycles. The van der Waals surface area contributed by atoms with E-state index in [2.05, 4.69) is 20.6 Å². The summed E-state index contributed by atoms with van der Waals surface area (Å²) in [5.74, 6) is -0.937. The van der Waals surface area contributed by atoms with Crippen LogP contribution in [-0.4, -0.2) is 33.0 Å². The molecule has 1 atom stereocenters. The van der Waals surface area contributed by atoms with E-state index in [1.807, 2.05) is 31.2 Å². The molecule has 3 rings (SSSR count). The predicted molar refractivity (Wildman–Crippen MR) is 102 cm³/mol. The van der Waals surface area contributed by atoms with Crippen LogP contribution in [0, 0.1) is 0 Å². The van der Waals surface area contributed by atoms with Crippen molar-refractivity contribution >= 4 is 5.91 Å². The van der Waals surface area contributed by atoms with Gasteiger partial charge in [-0.1, -0.05) is 31.2 Å². The van der Waals surface area contributed by atoms with Crippen LogP contribution in [0.15, 0.2) is 42.6 Å². The molecule has 0 saturated carbocycles. The number of hydrogen-bond donors (Lipinski definition) is 1. The quantitative estimate of drug-likeness (QED) is 0.658. The van der Waals surface area contributed by atoms with Gasteiger partial charge in [0.25, 0.3) is 5.91 Å². The number of aryl methyl sites for hydroxylation is 1. The number of methoxy groups -OCH3 is 1. The van der Waals surface area contributed by atoms with E-state index >= 15 is 0 Å². The van der Waals surface area contributed by atoms with E-state index < -0.39 is 29.4 Å². The first-order valence-electron chi connectivity index (χ1n) is 9.17. The summed E-state index contributed by atoms with van der Waals surface area (Å²) in [6.45, 7) is 3.72. The van der Waals surface area contributed by atoms with E-state index in [1.165, 1.54) is 19.2 Å². The van der Waals surface area contributed by atoms with Crippen molar-refractivity contribution in [1.29, 1.82) is 0 Å². The Kier molecular flexibility index (Phi) is 6.04. The van der Waals surface area contributed by atoms with Gasteiger partial charge in [0.2, 0.25) is 5.88 Å². The lowest BCUT2D eigenvalue weighted by Crippen LogP contribution is -2.29. The van der Waals surface area contributed by atoms with Crippen LogP contribution in [-0.2, 0) is 12.6 Å². The minimum Gasteiger partial charge on any atom is -0.480 e. The van der Waals surface area contributed by atoms with Gasteiger partial charge in [-0.2, -0.15) is 18.3 Å². The molecule has 10 heteroatoms. The van der Waals surface area contributed by atoms with Crippen molar-refractivity contribution in [2.45, 2.75) is 32.5 Å². The number of alkyl halides is 3. The highest BCUT2D eigenvalue weighted by molar-refractivity contribution is 5.95. The fourth-order valence-corrected chi connectivity index (χ4v) is 2.90. The zero-order valence-electron chi connectivity index (χ0n) is 16.6. The number of rotatable bonds is 6. The van der Waals surface area contributed by atoms with E-state index in [4.69, 9.17) is 4.74 Å². The van der Waals surface area contributed by atoms with Gasteiger partial charge < -0.3 is 10.1 Å². The van der Waals surface area contributed by atoms with E-state index in [0.29, 0.717) is 4.68 Å². The van der Waals surface area contributed by atoms with Crippen LogP contribution in [0.4, 0.5) is 13.2 Å². The van der Waals surface area contributed by atoms with E-state index in [1.54, 1.807) is 6.92 Å². The Morgan fingerprint density at radius 2 is 1.87 bits per heavy atom. The molecule has 30 heavy (non-hydrogen) atoms. The number of carbonyl (C=O) groups is 1. The van der Waals surface area contributed by atoms with Crippen molar-refractivity contribution in [3.05, 3.63) is 65.0 Å². The lowest BCUT2D eigenvalue weighted by atomic mass is 10.0. The van der Waals surface area contributed by atoms with E-state index in [0.717, 1.165) is 23.7 Å². The number of nitrogens with one attached hydrogen (secondary N) is 1. The number of benzene rings is 1. The van der Waals surface area contributed by atoms with Crippen LogP contribution in [0.3, 0.4) is 0 Å². The lowest BCUT2D eigenvalue weighted by Gasteiger charge is -2.16. The Morgan fingerprint density at radius 1 is 1.17 bits per heavy atom. The molecule has 158 valence electrons. The maximum atomic E-state index is 13.8. The van der Waals surface area contributed by atoms with E-state index in [9.17, 15) is 18.0 Å². The number of nitrogens with zero attached hydrogens (tertiary/aromatic N) is 4. The molecule has 0 aliphatic rings. The second kappa shape index (κ2) is 8.52. The SMILES string of the molecule is CCc1ccc(C(C)NC(=O)c2cnn(-c3ccc(OC)nn3)c2C(F)(F)F)cc1. The van der Waals surface area contributed by atoms with Gasteiger partial charge in [-0.15, -0.1) is 10.2 Å². The molecule has 1 amide bonds. The van der Waals surface area contributed by atoms with Crippen LogP contribution >= 0.6 is 0 Å². The number of aromatic nitrogens is 4. The highest BCUT2D eigenvalue weighted by Crippen LogP contribution is 2.33. The summed E-state index contributed by atoms with van der Waals surface area (Å²) in [6.07, 6.45) is -3.10. The number of amides is 1. The molecule has 0 aliphatic carbocycles. The molecule has 1 N–H and O–H groups in total. The van der Waals surface area contributed by atoms with Crippen LogP contribution in [0.1, 0.15) is 47.1 Å². The summed E-state index contributed by atoms with van der Waals surface area (Å²) in [7, 11) is 1.36. The first-order chi connectivity index (χ1) is 14.2. The summed E-state index contributed by atoms with van der Waals surface area (Å²) in [4.78, 5) is 12.6. The molecule has 0 radical (unpaired) electrons. The van der Waals surface area contributed by atoms with Crippen LogP contribution in [0.2, 0.25) is 0 Å². The van der Waals surface area contributed by atoms with Crippen LogP contribution < -0.4 is 10.1 Å². The van der Waals surface area contributed by atoms with Crippen molar-refractivity contribution in [2.75, 3.05) is 7.11 Å². The molecular weight excluding hydrogens is 399 g/mol. The summed E-state index contributed by atoms with van der Waals surface area (Å²) in [6, 6.07) is 9.64. The van der Waals surface area contributed by atoms with Gasteiger partial charge in [0.05, 0.1) is 24.9 Å². The zero-order chi connectivity index (χ0) is 21.9. The first-order valence-corrected chi connectivity index (χ1v) is 9.17. The van der Waals surface area contributed by atoms with Crippen molar-refractivity contribution in [3.63, 3.8) is 0 Å². The van der Waals surface area contributed by atoms with Gasteiger partial charge in [-0.3, -0.25) is 4.79 Å². The monoisotopic (exact) mass is 419 g/mol. The van der Waals surface area contributed by atoms with Crippen molar-refractivity contribution in [3.8, 4) is 11.7 Å². The molecule has 0 saturated heterocycles. The third-order valence-electron chi connectivity index (χ3n) is 4.57. The smallest absolute Gasteiger partial charge is 0.434 e. The third kappa shape index (κ3) is 4.42. The molecule has 0 aliphatic heterocycles. The summed E-state index contributed by atoms with van der Waals surface area (Å²) in [5, 5.41) is 13.7. The highest BCUT2D eigenvalue weighted by Gasteiger charge is 2.41. The predicted octanol–water partition coefficient (Wildman–Crippen LogP) is 3.74. The molecule has 0 bridgehead atoms. The van der Waals surface area contributed by atoms with Crippen LogP contribution in [0.5, 0.6) is 5.88 Å². The van der Waals surface area contributed by atoms with Gasteiger partial charge >= 0.3 is 6.18 Å². The average Bonchev–Trinajstić information content (AvgIpc) is 3.20. The van der Waals surface area contributed by atoms with Gasteiger partial charge in [0, 0.05) is 6.07 Å². The molecule has 2 heterocycles. The molecule has 1 unspecified atom stereocenters. The van der Waals surface area contributed by atoms with Crippen molar-refractivity contribution in [2.24, 2.45) is 0 Å².